The number of nitrogens with one attached hydrogen (secondary N) is 2. The van der Waals surface area contributed by atoms with Crippen LogP contribution in [0.3, 0.4) is 0 Å². The summed E-state index contributed by atoms with van der Waals surface area (Å²) >= 11 is 0. The highest BCUT2D eigenvalue weighted by molar-refractivity contribution is 5.97. The Bertz CT molecular complexity index is 1160. The number of aromatic nitrogens is 2. The lowest BCUT2D eigenvalue weighted by molar-refractivity contribution is 0.0951. The summed E-state index contributed by atoms with van der Waals surface area (Å²) in [5, 5.41) is 3.30. The minimum Gasteiger partial charge on any atom is -0.348 e. The normalized spacial score (nSPS) is 11.2. The van der Waals surface area contributed by atoms with Gasteiger partial charge >= 0.3 is 5.69 Å². The van der Waals surface area contributed by atoms with Gasteiger partial charge in [-0.2, -0.15) is 0 Å². The molecule has 3 rings (SSSR count). The van der Waals surface area contributed by atoms with E-state index in [1.807, 2.05) is 12.1 Å². The zero-order valence-electron chi connectivity index (χ0n) is 17.7. The number of hydrogen-bond donors (Lipinski definition) is 2. The van der Waals surface area contributed by atoms with Gasteiger partial charge in [-0.3, -0.25) is 19.1 Å². The molecule has 0 unspecified atom stereocenters. The van der Waals surface area contributed by atoms with Crippen molar-refractivity contribution in [3.63, 3.8) is 0 Å². The predicted octanol–water partition coefficient (Wildman–Crippen LogP) is 2.48. The Morgan fingerprint density at radius 1 is 1.03 bits per heavy atom. The van der Waals surface area contributed by atoms with E-state index in [9.17, 15) is 14.4 Å². The number of fused-ring (bicyclic) bond motifs is 1. The van der Waals surface area contributed by atoms with E-state index in [4.69, 9.17) is 0 Å². The van der Waals surface area contributed by atoms with E-state index in [1.54, 1.807) is 25.1 Å². The van der Waals surface area contributed by atoms with Crippen LogP contribution >= 0.6 is 0 Å². The molecular formula is C23H28N4O3. The molecule has 0 bridgehead atoms. The van der Waals surface area contributed by atoms with Crippen molar-refractivity contribution in [2.24, 2.45) is 0 Å². The van der Waals surface area contributed by atoms with Crippen LogP contribution in [0.1, 0.15) is 42.3 Å². The quantitative estimate of drug-likeness (QED) is 0.600. The maximum absolute atomic E-state index is 12.6. The number of carbonyl (C=O) groups is 1. The fraction of sp³-hybridized carbons (Fsp3) is 0.348. The molecule has 7 nitrogen and oxygen atoms in total. The number of benzene rings is 2. The molecule has 0 aliphatic heterocycles. The van der Waals surface area contributed by atoms with Crippen molar-refractivity contribution < 1.29 is 4.79 Å². The first kappa shape index (κ1) is 21.5. The summed E-state index contributed by atoms with van der Waals surface area (Å²) in [6.07, 6.45) is 0. The average molecular weight is 409 g/mol. The largest absolute Gasteiger partial charge is 0.348 e. The van der Waals surface area contributed by atoms with E-state index < -0.39 is 5.69 Å². The molecule has 0 saturated heterocycles. The minimum absolute atomic E-state index is 0.258. The zero-order valence-corrected chi connectivity index (χ0v) is 17.7. The molecule has 158 valence electrons. The summed E-state index contributed by atoms with van der Waals surface area (Å²) in [5.74, 6) is -0.258. The van der Waals surface area contributed by atoms with E-state index in [-0.39, 0.29) is 11.5 Å². The van der Waals surface area contributed by atoms with Crippen LogP contribution in [0.5, 0.6) is 0 Å². The molecule has 7 heteroatoms. The van der Waals surface area contributed by atoms with Crippen molar-refractivity contribution in [1.82, 2.24) is 19.8 Å². The SMILES string of the molecule is CCN(CC)Cc1cccc(CNC(=O)c2ccc3c(=O)n(CC)c(=O)[nH]c3c2)c1. The lowest BCUT2D eigenvalue weighted by Gasteiger charge is -2.18. The molecular weight excluding hydrogens is 380 g/mol. The van der Waals surface area contributed by atoms with E-state index in [0.717, 1.165) is 29.8 Å². The molecule has 0 aliphatic rings. The van der Waals surface area contributed by atoms with Gasteiger partial charge in [-0.05, 0) is 49.3 Å². The van der Waals surface area contributed by atoms with Gasteiger partial charge in [-0.25, -0.2) is 4.79 Å². The molecule has 0 saturated carbocycles. The monoisotopic (exact) mass is 408 g/mol. The summed E-state index contributed by atoms with van der Waals surface area (Å²) in [5.41, 5.74) is 2.16. The molecule has 2 N–H and O–H groups in total. The zero-order chi connectivity index (χ0) is 21.7. The van der Waals surface area contributed by atoms with Crippen LogP contribution in [0.2, 0.25) is 0 Å². The third-order valence-electron chi connectivity index (χ3n) is 5.31. The fourth-order valence-electron chi connectivity index (χ4n) is 3.51. The van der Waals surface area contributed by atoms with Gasteiger partial charge in [0.15, 0.2) is 0 Å². The van der Waals surface area contributed by atoms with Crippen LogP contribution in [-0.2, 0) is 19.6 Å². The van der Waals surface area contributed by atoms with Crippen LogP contribution < -0.4 is 16.6 Å². The maximum Gasteiger partial charge on any atom is 0.328 e. The van der Waals surface area contributed by atoms with E-state index >= 15 is 0 Å². The molecule has 1 heterocycles. The summed E-state index contributed by atoms with van der Waals surface area (Å²) in [6, 6.07) is 12.9. The highest BCUT2D eigenvalue weighted by Gasteiger charge is 2.11. The number of hydrogen-bond acceptors (Lipinski definition) is 4. The van der Waals surface area contributed by atoms with Gasteiger partial charge < -0.3 is 10.3 Å². The van der Waals surface area contributed by atoms with Gasteiger partial charge in [0.25, 0.3) is 11.5 Å². The van der Waals surface area contributed by atoms with Crippen LogP contribution in [0.25, 0.3) is 10.9 Å². The minimum atomic E-state index is -0.474. The Balaban J connectivity index is 1.74. The molecule has 0 atom stereocenters. The van der Waals surface area contributed by atoms with Crippen LogP contribution in [-0.4, -0.2) is 33.4 Å². The van der Waals surface area contributed by atoms with Gasteiger partial charge in [-0.1, -0.05) is 38.1 Å². The highest BCUT2D eigenvalue weighted by atomic mass is 16.2. The molecule has 3 aromatic rings. The van der Waals surface area contributed by atoms with Crippen molar-refractivity contribution in [3.05, 3.63) is 80.0 Å². The first-order valence-corrected chi connectivity index (χ1v) is 10.3. The topological polar surface area (TPSA) is 87.2 Å². The first-order valence-electron chi connectivity index (χ1n) is 10.3. The van der Waals surface area contributed by atoms with Gasteiger partial charge in [0.2, 0.25) is 0 Å². The smallest absolute Gasteiger partial charge is 0.328 e. The first-order chi connectivity index (χ1) is 14.5. The van der Waals surface area contributed by atoms with Crippen molar-refractivity contribution >= 4 is 16.8 Å². The Hall–Kier alpha value is -3.19. The molecule has 0 spiro atoms. The summed E-state index contributed by atoms with van der Waals surface area (Å²) in [7, 11) is 0. The number of carbonyl (C=O) groups excluding carboxylic acids is 1. The summed E-state index contributed by atoms with van der Waals surface area (Å²) < 4.78 is 1.13. The van der Waals surface area contributed by atoms with E-state index in [1.165, 1.54) is 5.56 Å². The van der Waals surface area contributed by atoms with E-state index in [0.29, 0.717) is 29.6 Å². The Morgan fingerprint density at radius 2 is 1.77 bits per heavy atom. The second-order valence-electron chi connectivity index (χ2n) is 7.20. The Kier molecular flexibility index (Phi) is 6.84. The number of nitrogens with zero attached hydrogens (tertiary/aromatic N) is 2. The van der Waals surface area contributed by atoms with Crippen LogP contribution in [0, 0.1) is 0 Å². The van der Waals surface area contributed by atoms with Gasteiger partial charge in [-0.15, -0.1) is 0 Å². The Morgan fingerprint density at radius 3 is 2.47 bits per heavy atom. The number of amides is 1. The van der Waals surface area contributed by atoms with Crippen molar-refractivity contribution in [1.29, 1.82) is 0 Å². The second kappa shape index (κ2) is 9.54. The lowest BCUT2D eigenvalue weighted by Crippen LogP contribution is -2.34. The standard InChI is InChI=1S/C23H28N4O3/c1-4-26(5-2)15-17-9-7-8-16(12-17)14-24-21(28)18-10-11-19-20(13-18)25-23(30)27(6-3)22(19)29/h7-13H,4-6,14-15H2,1-3H3,(H,24,28)(H,25,30). The van der Waals surface area contributed by atoms with Crippen LogP contribution in [0.15, 0.2) is 52.1 Å². The van der Waals surface area contributed by atoms with Gasteiger partial charge in [0.05, 0.1) is 10.9 Å². The molecule has 2 aromatic carbocycles. The molecule has 1 aromatic heterocycles. The van der Waals surface area contributed by atoms with Crippen molar-refractivity contribution in [3.8, 4) is 0 Å². The number of aromatic amines is 1. The molecule has 0 aliphatic carbocycles. The molecule has 1 amide bonds. The summed E-state index contributed by atoms with van der Waals surface area (Å²) in [6.45, 7) is 9.57. The summed E-state index contributed by atoms with van der Waals surface area (Å²) in [4.78, 5) is 42.0. The van der Waals surface area contributed by atoms with Crippen molar-refractivity contribution in [2.75, 3.05) is 13.1 Å². The lowest BCUT2D eigenvalue weighted by atomic mass is 10.1. The van der Waals surface area contributed by atoms with Crippen molar-refractivity contribution in [2.45, 2.75) is 40.4 Å². The molecule has 0 radical (unpaired) electrons. The van der Waals surface area contributed by atoms with Gasteiger partial charge in [0.1, 0.15) is 0 Å². The predicted molar refractivity (Wildman–Crippen MR) is 119 cm³/mol. The fourth-order valence-corrected chi connectivity index (χ4v) is 3.51. The molecule has 30 heavy (non-hydrogen) atoms. The average Bonchev–Trinajstić information content (AvgIpc) is 2.76. The second-order valence-corrected chi connectivity index (χ2v) is 7.20. The number of rotatable bonds is 8. The third kappa shape index (κ3) is 4.68. The Labute approximate surface area is 175 Å². The third-order valence-corrected chi connectivity index (χ3v) is 5.31. The maximum atomic E-state index is 12.6. The van der Waals surface area contributed by atoms with Gasteiger partial charge in [0, 0.05) is 25.2 Å². The molecule has 0 fully saturated rings. The number of H-pyrrole nitrogens is 1. The highest BCUT2D eigenvalue weighted by Crippen LogP contribution is 2.11. The van der Waals surface area contributed by atoms with E-state index in [2.05, 4.69) is 41.2 Å². The van der Waals surface area contributed by atoms with Crippen LogP contribution in [0.4, 0.5) is 0 Å².